The third kappa shape index (κ3) is 6.53. The summed E-state index contributed by atoms with van der Waals surface area (Å²) in [6, 6.07) is 0. The third-order valence-corrected chi connectivity index (χ3v) is 2.78. The predicted molar refractivity (Wildman–Crippen MR) is 65.8 cm³/mol. The zero-order valence-electron chi connectivity index (χ0n) is 11.0. The van der Waals surface area contributed by atoms with Crippen molar-refractivity contribution in [3.05, 3.63) is 0 Å². The van der Waals surface area contributed by atoms with Gasteiger partial charge in [-0.3, -0.25) is 4.79 Å². The lowest BCUT2D eigenvalue weighted by Crippen LogP contribution is -2.37. The summed E-state index contributed by atoms with van der Waals surface area (Å²) >= 11 is 0. The lowest BCUT2D eigenvalue weighted by molar-refractivity contribution is -0.128. The predicted octanol–water partition coefficient (Wildman–Crippen LogP) is 3.37. The van der Waals surface area contributed by atoms with Crippen molar-refractivity contribution in [3.63, 3.8) is 0 Å². The second-order valence-corrected chi connectivity index (χ2v) is 5.38. The Bertz CT molecular complexity index is 181. The van der Waals surface area contributed by atoms with E-state index in [1.807, 2.05) is 20.8 Å². The number of rotatable bonds is 6. The summed E-state index contributed by atoms with van der Waals surface area (Å²) in [7, 11) is 0. The molecule has 0 aliphatic carbocycles. The molecule has 1 N–H and O–H groups in total. The van der Waals surface area contributed by atoms with Gasteiger partial charge in [-0.05, 0) is 12.3 Å². The zero-order chi connectivity index (χ0) is 11.9. The van der Waals surface area contributed by atoms with E-state index in [9.17, 15) is 4.79 Å². The SMILES string of the molecule is CCCCC(CC)CNC(=O)C(C)(C)C. The molecule has 0 rings (SSSR count). The standard InChI is InChI=1S/C13H27NO/c1-6-8-9-11(7-2)10-14-12(15)13(3,4)5/h11H,6-10H2,1-5H3,(H,14,15). The molecule has 0 fully saturated rings. The fourth-order valence-electron chi connectivity index (χ4n) is 1.45. The molecule has 0 aromatic rings. The molecule has 0 saturated carbocycles. The second-order valence-electron chi connectivity index (χ2n) is 5.38. The van der Waals surface area contributed by atoms with E-state index >= 15 is 0 Å². The summed E-state index contributed by atoms with van der Waals surface area (Å²) in [6.45, 7) is 11.1. The number of unbranched alkanes of at least 4 members (excludes halogenated alkanes) is 1. The Hall–Kier alpha value is -0.530. The molecule has 2 heteroatoms. The van der Waals surface area contributed by atoms with Gasteiger partial charge in [-0.1, -0.05) is 53.9 Å². The smallest absolute Gasteiger partial charge is 0.225 e. The maximum absolute atomic E-state index is 11.6. The van der Waals surface area contributed by atoms with Crippen molar-refractivity contribution >= 4 is 5.91 Å². The highest BCUT2D eigenvalue weighted by Gasteiger charge is 2.21. The highest BCUT2D eigenvalue weighted by Crippen LogP contribution is 2.15. The highest BCUT2D eigenvalue weighted by molar-refractivity contribution is 5.81. The Morgan fingerprint density at radius 2 is 1.87 bits per heavy atom. The lowest BCUT2D eigenvalue weighted by atomic mass is 9.94. The molecule has 1 atom stereocenters. The number of hydrogen-bond acceptors (Lipinski definition) is 1. The van der Waals surface area contributed by atoms with Gasteiger partial charge in [-0.2, -0.15) is 0 Å². The number of carbonyl (C=O) groups is 1. The summed E-state index contributed by atoms with van der Waals surface area (Å²) in [5, 5.41) is 3.04. The van der Waals surface area contributed by atoms with E-state index in [-0.39, 0.29) is 11.3 Å². The Labute approximate surface area is 94.8 Å². The van der Waals surface area contributed by atoms with Crippen LogP contribution in [0.2, 0.25) is 0 Å². The van der Waals surface area contributed by atoms with Crippen LogP contribution in [0.25, 0.3) is 0 Å². The van der Waals surface area contributed by atoms with Crippen LogP contribution in [0.1, 0.15) is 60.3 Å². The van der Waals surface area contributed by atoms with Crippen LogP contribution < -0.4 is 5.32 Å². The zero-order valence-corrected chi connectivity index (χ0v) is 11.0. The molecule has 1 unspecified atom stereocenters. The summed E-state index contributed by atoms with van der Waals surface area (Å²) in [4.78, 5) is 11.6. The number of nitrogens with one attached hydrogen (secondary N) is 1. The molecule has 0 aliphatic rings. The van der Waals surface area contributed by atoms with Gasteiger partial charge in [0.05, 0.1) is 0 Å². The Morgan fingerprint density at radius 3 is 2.27 bits per heavy atom. The van der Waals surface area contributed by atoms with Crippen molar-refractivity contribution in [2.75, 3.05) is 6.54 Å². The largest absolute Gasteiger partial charge is 0.355 e. The molecule has 0 saturated heterocycles. The number of carbonyl (C=O) groups excluding carboxylic acids is 1. The molecule has 0 aliphatic heterocycles. The molecular weight excluding hydrogens is 186 g/mol. The molecule has 15 heavy (non-hydrogen) atoms. The minimum atomic E-state index is -0.261. The summed E-state index contributed by atoms with van der Waals surface area (Å²) < 4.78 is 0. The summed E-state index contributed by atoms with van der Waals surface area (Å²) in [5.41, 5.74) is -0.261. The molecular formula is C13H27NO. The minimum absolute atomic E-state index is 0.164. The van der Waals surface area contributed by atoms with Gasteiger partial charge in [0, 0.05) is 12.0 Å². The van der Waals surface area contributed by atoms with Crippen LogP contribution in [0.3, 0.4) is 0 Å². The van der Waals surface area contributed by atoms with Gasteiger partial charge in [0.1, 0.15) is 0 Å². The molecule has 1 amide bonds. The van der Waals surface area contributed by atoms with E-state index in [0.717, 1.165) is 13.0 Å². The van der Waals surface area contributed by atoms with Crippen molar-refractivity contribution < 1.29 is 4.79 Å². The van der Waals surface area contributed by atoms with E-state index in [2.05, 4.69) is 19.2 Å². The quantitative estimate of drug-likeness (QED) is 0.720. The van der Waals surface area contributed by atoms with Gasteiger partial charge in [0.25, 0.3) is 0 Å². The van der Waals surface area contributed by atoms with Gasteiger partial charge < -0.3 is 5.32 Å². The Kier molecular flexibility index (Phi) is 6.62. The Balaban J connectivity index is 3.85. The van der Waals surface area contributed by atoms with Gasteiger partial charge in [0.15, 0.2) is 0 Å². The van der Waals surface area contributed by atoms with Gasteiger partial charge >= 0.3 is 0 Å². The van der Waals surface area contributed by atoms with Crippen molar-refractivity contribution in [2.24, 2.45) is 11.3 Å². The van der Waals surface area contributed by atoms with E-state index in [1.165, 1.54) is 19.3 Å². The van der Waals surface area contributed by atoms with Gasteiger partial charge in [0.2, 0.25) is 5.91 Å². The van der Waals surface area contributed by atoms with Crippen LogP contribution in [0.15, 0.2) is 0 Å². The van der Waals surface area contributed by atoms with Crippen LogP contribution in [-0.4, -0.2) is 12.5 Å². The lowest BCUT2D eigenvalue weighted by Gasteiger charge is -2.21. The van der Waals surface area contributed by atoms with E-state index in [0.29, 0.717) is 5.92 Å². The molecule has 0 spiro atoms. The molecule has 0 aromatic carbocycles. The van der Waals surface area contributed by atoms with E-state index in [1.54, 1.807) is 0 Å². The minimum Gasteiger partial charge on any atom is -0.355 e. The normalized spacial score (nSPS) is 13.7. The average molecular weight is 213 g/mol. The second kappa shape index (κ2) is 6.86. The first kappa shape index (κ1) is 14.5. The Morgan fingerprint density at radius 1 is 1.27 bits per heavy atom. The molecule has 0 heterocycles. The van der Waals surface area contributed by atoms with Crippen molar-refractivity contribution in [2.45, 2.75) is 60.3 Å². The molecule has 90 valence electrons. The van der Waals surface area contributed by atoms with Crippen LogP contribution >= 0.6 is 0 Å². The average Bonchev–Trinajstić information content (AvgIpc) is 2.16. The highest BCUT2D eigenvalue weighted by atomic mass is 16.2. The summed E-state index contributed by atoms with van der Waals surface area (Å²) in [5.74, 6) is 0.814. The van der Waals surface area contributed by atoms with Crippen LogP contribution in [0.4, 0.5) is 0 Å². The number of hydrogen-bond donors (Lipinski definition) is 1. The first-order chi connectivity index (χ1) is 6.91. The fourth-order valence-corrected chi connectivity index (χ4v) is 1.45. The van der Waals surface area contributed by atoms with E-state index < -0.39 is 0 Å². The first-order valence-electron chi connectivity index (χ1n) is 6.20. The fraction of sp³-hybridized carbons (Fsp3) is 0.923. The van der Waals surface area contributed by atoms with Crippen LogP contribution in [0, 0.1) is 11.3 Å². The third-order valence-electron chi connectivity index (χ3n) is 2.78. The molecule has 0 aromatic heterocycles. The maximum atomic E-state index is 11.6. The van der Waals surface area contributed by atoms with E-state index in [4.69, 9.17) is 0 Å². The number of amides is 1. The molecule has 0 bridgehead atoms. The van der Waals surface area contributed by atoms with Gasteiger partial charge in [-0.25, -0.2) is 0 Å². The monoisotopic (exact) mass is 213 g/mol. The molecule has 2 nitrogen and oxygen atoms in total. The van der Waals surface area contributed by atoms with Crippen molar-refractivity contribution in [3.8, 4) is 0 Å². The molecule has 0 radical (unpaired) electrons. The van der Waals surface area contributed by atoms with Gasteiger partial charge in [-0.15, -0.1) is 0 Å². The summed E-state index contributed by atoms with van der Waals surface area (Å²) in [6.07, 6.45) is 4.90. The van der Waals surface area contributed by atoms with Crippen LogP contribution in [-0.2, 0) is 4.79 Å². The first-order valence-corrected chi connectivity index (χ1v) is 6.20. The topological polar surface area (TPSA) is 29.1 Å². The van der Waals surface area contributed by atoms with Crippen molar-refractivity contribution in [1.82, 2.24) is 5.32 Å². The van der Waals surface area contributed by atoms with Crippen LogP contribution in [0.5, 0.6) is 0 Å². The van der Waals surface area contributed by atoms with Crippen molar-refractivity contribution in [1.29, 1.82) is 0 Å². The maximum Gasteiger partial charge on any atom is 0.225 e.